The lowest BCUT2D eigenvalue weighted by atomic mass is 9.98. The van der Waals surface area contributed by atoms with Gasteiger partial charge < -0.3 is 25.6 Å². The highest BCUT2D eigenvalue weighted by molar-refractivity contribution is 5.79. The number of aliphatic hydroxyl groups is 1. The van der Waals surface area contributed by atoms with Gasteiger partial charge in [-0.25, -0.2) is 4.79 Å². The maximum absolute atomic E-state index is 12.2. The van der Waals surface area contributed by atoms with E-state index in [0.29, 0.717) is 19.4 Å². The van der Waals surface area contributed by atoms with Crippen molar-refractivity contribution in [1.29, 1.82) is 0 Å². The van der Waals surface area contributed by atoms with Gasteiger partial charge in [0.1, 0.15) is 6.61 Å². The second-order valence-electron chi connectivity index (χ2n) is 8.91. The van der Waals surface area contributed by atoms with Crippen LogP contribution in [0.15, 0.2) is 48.5 Å². The Bertz CT molecular complexity index is 974. The molecule has 0 bridgehead atoms. The number of fused-ring (bicyclic) bond motifs is 3. The van der Waals surface area contributed by atoms with Crippen molar-refractivity contribution in [2.45, 2.75) is 50.5 Å². The van der Waals surface area contributed by atoms with Gasteiger partial charge in [0.25, 0.3) is 0 Å². The Labute approximate surface area is 199 Å². The SMILES string of the molecule is CC(O)(CNC(=O)CCCCCNC(=O)OCC1c2ccccc2-c2ccccc21)CC(=O)O. The number of carbonyl (C=O) groups is 3. The smallest absolute Gasteiger partial charge is 0.407 e. The number of benzene rings is 2. The molecule has 0 spiro atoms. The number of carboxylic acids is 1. The Balaban J connectivity index is 1.30. The summed E-state index contributed by atoms with van der Waals surface area (Å²) in [5, 5.41) is 23.9. The summed E-state index contributed by atoms with van der Waals surface area (Å²) in [5.41, 5.74) is 3.22. The zero-order valence-corrected chi connectivity index (χ0v) is 19.4. The predicted octanol–water partition coefficient (Wildman–Crippen LogP) is 3.43. The molecule has 2 aromatic rings. The number of alkyl carbamates (subject to hydrolysis) is 1. The van der Waals surface area contributed by atoms with Crippen molar-refractivity contribution in [3.63, 3.8) is 0 Å². The van der Waals surface area contributed by atoms with E-state index in [4.69, 9.17) is 9.84 Å². The highest BCUT2D eigenvalue weighted by Gasteiger charge is 2.29. The van der Waals surface area contributed by atoms with Crippen LogP contribution in [0, 0.1) is 0 Å². The molecule has 3 rings (SSSR count). The van der Waals surface area contributed by atoms with Crippen LogP contribution in [0.4, 0.5) is 4.79 Å². The van der Waals surface area contributed by atoms with Gasteiger partial charge >= 0.3 is 12.1 Å². The second kappa shape index (κ2) is 11.7. The van der Waals surface area contributed by atoms with E-state index in [-0.39, 0.29) is 31.4 Å². The van der Waals surface area contributed by atoms with Gasteiger partial charge in [0, 0.05) is 25.4 Å². The first-order chi connectivity index (χ1) is 16.3. The molecule has 8 nitrogen and oxygen atoms in total. The average molecular weight is 469 g/mol. The van der Waals surface area contributed by atoms with Gasteiger partial charge in [-0.15, -0.1) is 0 Å². The number of aliphatic carboxylic acids is 1. The molecule has 0 fully saturated rings. The van der Waals surface area contributed by atoms with Crippen molar-refractivity contribution >= 4 is 18.0 Å². The van der Waals surface area contributed by atoms with Crippen LogP contribution < -0.4 is 10.6 Å². The maximum atomic E-state index is 12.2. The lowest BCUT2D eigenvalue weighted by molar-refractivity contribution is -0.142. The number of carboxylic acid groups (broad SMARTS) is 1. The summed E-state index contributed by atoms with van der Waals surface area (Å²) < 4.78 is 5.50. The van der Waals surface area contributed by atoms with Crippen LogP contribution in [0.5, 0.6) is 0 Å². The maximum Gasteiger partial charge on any atom is 0.407 e. The summed E-state index contributed by atoms with van der Waals surface area (Å²) in [6.07, 6.45) is 1.44. The normalized spacial score (nSPS) is 13.9. The third-order valence-electron chi connectivity index (χ3n) is 5.89. The molecule has 0 saturated carbocycles. The van der Waals surface area contributed by atoms with Crippen molar-refractivity contribution in [2.75, 3.05) is 19.7 Å². The van der Waals surface area contributed by atoms with Gasteiger partial charge in [-0.2, -0.15) is 0 Å². The minimum Gasteiger partial charge on any atom is -0.481 e. The standard InChI is InChI=1S/C26H32N2O6/c1-26(33,15-24(30)31)17-28-23(29)13-3-2-8-14-27-25(32)34-16-22-20-11-6-4-9-18(20)19-10-5-7-12-21(19)22/h4-7,9-12,22,33H,2-3,8,13-17H2,1H3,(H,27,32)(H,28,29)(H,30,31). The quantitative estimate of drug-likeness (QED) is 0.354. The molecule has 0 aliphatic heterocycles. The average Bonchev–Trinajstić information content (AvgIpc) is 3.11. The lowest BCUT2D eigenvalue weighted by Gasteiger charge is -2.21. The molecule has 1 unspecified atom stereocenters. The molecular weight excluding hydrogens is 436 g/mol. The fourth-order valence-electron chi connectivity index (χ4n) is 4.19. The Hall–Kier alpha value is -3.39. The topological polar surface area (TPSA) is 125 Å². The third-order valence-corrected chi connectivity index (χ3v) is 5.89. The van der Waals surface area contributed by atoms with E-state index in [1.54, 1.807) is 0 Å². The van der Waals surface area contributed by atoms with Crippen LogP contribution in [0.1, 0.15) is 56.1 Å². The fraction of sp³-hybridized carbons (Fsp3) is 0.423. The molecule has 34 heavy (non-hydrogen) atoms. The van der Waals surface area contributed by atoms with Gasteiger partial charge in [0.15, 0.2) is 0 Å². The van der Waals surface area contributed by atoms with Crippen LogP contribution in [-0.4, -0.2) is 53.5 Å². The third kappa shape index (κ3) is 7.05. The minimum atomic E-state index is -1.48. The summed E-state index contributed by atoms with van der Waals surface area (Å²) in [6.45, 7) is 1.98. The van der Waals surface area contributed by atoms with Crippen LogP contribution in [0.3, 0.4) is 0 Å². The molecule has 1 atom stereocenters. The first kappa shape index (κ1) is 25.2. The number of nitrogens with one attached hydrogen (secondary N) is 2. The summed E-state index contributed by atoms with van der Waals surface area (Å²) in [4.78, 5) is 34.7. The molecule has 2 amide bonds. The van der Waals surface area contributed by atoms with Crippen LogP contribution >= 0.6 is 0 Å². The highest BCUT2D eigenvalue weighted by Crippen LogP contribution is 2.44. The Morgan fingerprint density at radius 3 is 2.18 bits per heavy atom. The molecular formula is C26H32N2O6. The van der Waals surface area contributed by atoms with Crippen molar-refractivity contribution in [2.24, 2.45) is 0 Å². The lowest BCUT2D eigenvalue weighted by Crippen LogP contribution is -2.42. The zero-order valence-electron chi connectivity index (χ0n) is 19.4. The number of ether oxygens (including phenoxy) is 1. The van der Waals surface area contributed by atoms with Gasteiger partial charge in [-0.3, -0.25) is 9.59 Å². The van der Waals surface area contributed by atoms with Crippen LogP contribution in [0.2, 0.25) is 0 Å². The van der Waals surface area contributed by atoms with E-state index >= 15 is 0 Å². The Morgan fingerprint density at radius 1 is 0.941 bits per heavy atom. The van der Waals surface area contributed by atoms with E-state index in [9.17, 15) is 19.5 Å². The Kier molecular flexibility index (Phi) is 8.65. The van der Waals surface area contributed by atoms with E-state index in [1.807, 2.05) is 24.3 Å². The van der Waals surface area contributed by atoms with Gasteiger partial charge in [0.05, 0.1) is 12.0 Å². The number of hydrogen-bond donors (Lipinski definition) is 4. The van der Waals surface area contributed by atoms with Crippen molar-refractivity contribution < 1.29 is 29.3 Å². The van der Waals surface area contributed by atoms with E-state index in [2.05, 4.69) is 34.9 Å². The van der Waals surface area contributed by atoms with E-state index < -0.39 is 24.1 Å². The van der Waals surface area contributed by atoms with Crippen molar-refractivity contribution in [1.82, 2.24) is 10.6 Å². The van der Waals surface area contributed by atoms with Gasteiger partial charge in [-0.1, -0.05) is 55.0 Å². The second-order valence-corrected chi connectivity index (χ2v) is 8.91. The monoisotopic (exact) mass is 468 g/mol. The van der Waals surface area contributed by atoms with E-state index in [0.717, 1.165) is 6.42 Å². The predicted molar refractivity (Wildman–Crippen MR) is 127 cm³/mol. The molecule has 0 heterocycles. The highest BCUT2D eigenvalue weighted by atomic mass is 16.5. The first-order valence-electron chi connectivity index (χ1n) is 11.6. The fourth-order valence-corrected chi connectivity index (χ4v) is 4.19. The summed E-state index contributed by atoms with van der Waals surface area (Å²) >= 11 is 0. The number of unbranched alkanes of at least 4 members (excludes halogenated alkanes) is 2. The molecule has 0 radical (unpaired) electrons. The molecule has 1 aliphatic rings. The Morgan fingerprint density at radius 2 is 1.56 bits per heavy atom. The summed E-state index contributed by atoms with van der Waals surface area (Å²) in [7, 11) is 0. The largest absolute Gasteiger partial charge is 0.481 e. The molecule has 0 saturated heterocycles. The first-order valence-corrected chi connectivity index (χ1v) is 11.6. The summed E-state index contributed by atoms with van der Waals surface area (Å²) in [5.74, 6) is -1.34. The molecule has 182 valence electrons. The van der Waals surface area contributed by atoms with Gasteiger partial charge in [-0.05, 0) is 42.0 Å². The number of hydrogen-bond acceptors (Lipinski definition) is 5. The minimum absolute atomic E-state index is 0.0212. The molecule has 0 aromatic heterocycles. The van der Waals surface area contributed by atoms with Crippen molar-refractivity contribution in [3.8, 4) is 11.1 Å². The molecule has 4 N–H and O–H groups in total. The van der Waals surface area contributed by atoms with E-state index in [1.165, 1.54) is 29.2 Å². The van der Waals surface area contributed by atoms with Crippen LogP contribution in [-0.2, 0) is 14.3 Å². The number of carbonyl (C=O) groups excluding carboxylic acids is 2. The molecule has 1 aliphatic carbocycles. The van der Waals surface area contributed by atoms with Crippen molar-refractivity contribution in [3.05, 3.63) is 59.7 Å². The number of amides is 2. The van der Waals surface area contributed by atoms with Gasteiger partial charge in [0.2, 0.25) is 5.91 Å². The number of rotatable bonds is 12. The molecule has 8 heteroatoms. The van der Waals surface area contributed by atoms with Crippen LogP contribution in [0.25, 0.3) is 11.1 Å². The summed E-state index contributed by atoms with van der Waals surface area (Å²) in [6, 6.07) is 16.3. The zero-order chi connectivity index (χ0) is 24.6. The molecule has 2 aromatic carbocycles.